The van der Waals surface area contributed by atoms with Crippen LogP contribution in [0.3, 0.4) is 0 Å². The molecule has 0 fully saturated rings. The smallest absolute Gasteiger partial charge is 0.240 e. The van der Waals surface area contributed by atoms with Crippen molar-refractivity contribution in [3.63, 3.8) is 0 Å². The number of anilines is 1. The monoisotopic (exact) mass is 292 g/mol. The van der Waals surface area contributed by atoms with Gasteiger partial charge in [-0.25, -0.2) is 0 Å². The van der Waals surface area contributed by atoms with E-state index in [1.165, 1.54) is 0 Å². The molecular weight excluding hydrogens is 284 g/mol. The van der Waals surface area contributed by atoms with E-state index in [9.17, 15) is 4.79 Å². The molecule has 0 aliphatic carbocycles. The molecule has 0 radical (unpaired) electrons. The number of hydrogen-bond donors (Lipinski definition) is 2. The fraction of sp³-hybridized carbons (Fsp3) is 0.182. The summed E-state index contributed by atoms with van der Waals surface area (Å²) >= 11 is 3.26. The molecule has 5 nitrogen and oxygen atoms in total. The van der Waals surface area contributed by atoms with Crippen LogP contribution in [0.25, 0.3) is 0 Å². The molecule has 0 bridgehead atoms. The predicted octanol–water partition coefficient (Wildman–Crippen LogP) is 1.37. The number of halogens is 1. The predicted molar refractivity (Wildman–Crippen MR) is 66.0 cm³/mol. The molecule has 0 atom stereocenters. The fourth-order valence-corrected chi connectivity index (χ4v) is 1.50. The zero-order chi connectivity index (χ0) is 12.7. The number of carbonyl (C=O) groups excluding carboxylic acids is 1. The van der Waals surface area contributed by atoms with Crippen LogP contribution in [-0.2, 0) is 4.79 Å². The summed E-state index contributed by atoms with van der Waals surface area (Å²) in [5.74, 6) is -0.293. The van der Waals surface area contributed by atoms with E-state index in [0.717, 1.165) is 4.47 Å². The van der Waals surface area contributed by atoms with Gasteiger partial charge in [-0.3, -0.25) is 4.79 Å². The number of nitrogens with zero attached hydrogens (tertiary/aromatic N) is 2. The first-order valence-electron chi connectivity index (χ1n) is 4.74. The Balaban J connectivity index is 2.61. The lowest BCUT2D eigenvalue weighted by Gasteiger charge is -2.07. The standard InChI is InChI=1S/C11H9BrN4O/c12-9-1-2-10(8(5-9)6-14)16-7-11(17)15-4-3-13/h1-2,5,16H,4,7H2,(H,15,17). The van der Waals surface area contributed by atoms with Crippen LogP contribution in [0, 0.1) is 22.7 Å². The summed E-state index contributed by atoms with van der Waals surface area (Å²) in [6, 6.07) is 8.98. The molecule has 0 spiro atoms. The van der Waals surface area contributed by atoms with Crippen LogP contribution in [0.4, 0.5) is 5.69 Å². The zero-order valence-corrected chi connectivity index (χ0v) is 10.4. The number of carbonyl (C=O) groups is 1. The maximum absolute atomic E-state index is 11.2. The summed E-state index contributed by atoms with van der Waals surface area (Å²) in [4.78, 5) is 11.2. The van der Waals surface area contributed by atoms with Gasteiger partial charge in [0, 0.05) is 4.47 Å². The molecular formula is C11H9BrN4O. The Kier molecular flexibility index (Phi) is 4.99. The molecule has 0 aromatic heterocycles. The van der Waals surface area contributed by atoms with Crippen molar-refractivity contribution < 1.29 is 4.79 Å². The lowest BCUT2D eigenvalue weighted by molar-refractivity contribution is -0.119. The summed E-state index contributed by atoms with van der Waals surface area (Å²) < 4.78 is 0.800. The Morgan fingerprint density at radius 2 is 2.18 bits per heavy atom. The average Bonchev–Trinajstić information content (AvgIpc) is 2.34. The first-order chi connectivity index (χ1) is 8.17. The Morgan fingerprint density at radius 3 is 2.82 bits per heavy atom. The van der Waals surface area contributed by atoms with Gasteiger partial charge in [0.1, 0.15) is 12.6 Å². The van der Waals surface area contributed by atoms with Crippen LogP contribution < -0.4 is 10.6 Å². The number of rotatable bonds is 4. The normalized spacial score (nSPS) is 8.88. The maximum Gasteiger partial charge on any atom is 0.240 e. The van der Waals surface area contributed by atoms with Crippen LogP contribution in [0.2, 0.25) is 0 Å². The first kappa shape index (κ1) is 13.0. The van der Waals surface area contributed by atoms with Crippen molar-refractivity contribution in [1.29, 1.82) is 10.5 Å². The molecule has 6 heteroatoms. The second-order valence-corrected chi connectivity index (χ2v) is 4.01. The molecule has 1 aromatic rings. The molecule has 0 heterocycles. The van der Waals surface area contributed by atoms with E-state index in [1.54, 1.807) is 18.2 Å². The van der Waals surface area contributed by atoms with Crippen LogP contribution in [0.5, 0.6) is 0 Å². The van der Waals surface area contributed by atoms with Gasteiger partial charge < -0.3 is 10.6 Å². The van der Waals surface area contributed by atoms with Crippen molar-refractivity contribution in [1.82, 2.24) is 5.32 Å². The number of amides is 1. The summed E-state index contributed by atoms with van der Waals surface area (Å²) in [7, 11) is 0. The highest BCUT2D eigenvalue weighted by molar-refractivity contribution is 9.10. The molecule has 0 aliphatic heterocycles. The van der Waals surface area contributed by atoms with Gasteiger partial charge in [-0.2, -0.15) is 10.5 Å². The molecule has 0 saturated carbocycles. The minimum absolute atomic E-state index is 0.0219. The van der Waals surface area contributed by atoms with Gasteiger partial charge in [0.15, 0.2) is 0 Å². The molecule has 0 saturated heterocycles. The number of hydrogen-bond acceptors (Lipinski definition) is 4. The summed E-state index contributed by atoms with van der Waals surface area (Å²) in [6.07, 6.45) is 0. The quantitative estimate of drug-likeness (QED) is 0.821. The van der Waals surface area contributed by atoms with Crippen molar-refractivity contribution in [2.24, 2.45) is 0 Å². The van der Waals surface area contributed by atoms with Crippen LogP contribution >= 0.6 is 15.9 Å². The van der Waals surface area contributed by atoms with Gasteiger partial charge in [-0.05, 0) is 18.2 Å². The van der Waals surface area contributed by atoms with E-state index in [-0.39, 0.29) is 19.0 Å². The fourth-order valence-electron chi connectivity index (χ4n) is 1.14. The second-order valence-electron chi connectivity index (χ2n) is 3.09. The largest absolute Gasteiger partial charge is 0.375 e. The molecule has 86 valence electrons. The minimum Gasteiger partial charge on any atom is -0.375 e. The Labute approximate surface area is 107 Å². The Morgan fingerprint density at radius 1 is 1.41 bits per heavy atom. The van der Waals surface area contributed by atoms with Crippen molar-refractivity contribution in [3.8, 4) is 12.1 Å². The summed E-state index contributed by atoms with van der Waals surface area (Å²) in [6.45, 7) is 0.00392. The Bertz CT molecular complexity index is 501. The SMILES string of the molecule is N#CCNC(=O)CNc1ccc(Br)cc1C#N. The number of nitriles is 2. The third-order valence-corrected chi connectivity index (χ3v) is 2.40. The van der Waals surface area contributed by atoms with E-state index in [0.29, 0.717) is 11.3 Å². The van der Waals surface area contributed by atoms with E-state index < -0.39 is 0 Å². The van der Waals surface area contributed by atoms with E-state index in [2.05, 4.69) is 26.6 Å². The second kappa shape index (κ2) is 6.51. The van der Waals surface area contributed by atoms with Crippen LogP contribution in [0.1, 0.15) is 5.56 Å². The van der Waals surface area contributed by atoms with Crippen LogP contribution in [0.15, 0.2) is 22.7 Å². The summed E-state index contributed by atoms with van der Waals surface area (Å²) in [5, 5.41) is 22.4. The van der Waals surface area contributed by atoms with E-state index >= 15 is 0 Å². The average molecular weight is 293 g/mol. The topological polar surface area (TPSA) is 88.7 Å². The third-order valence-electron chi connectivity index (χ3n) is 1.91. The van der Waals surface area contributed by atoms with Crippen molar-refractivity contribution >= 4 is 27.5 Å². The Hall–Kier alpha value is -2.05. The van der Waals surface area contributed by atoms with Crippen molar-refractivity contribution in [2.45, 2.75) is 0 Å². The van der Waals surface area contributed by atoms with Gasteiger partial charge in [-0.15, -0.1) is 0 Å². The van der Waals surface area contributed by atoms with Crippen molar-refractivity contribution in [3.05, 3.63) is 28.2 Å². The highest BCUT2D eigenvalue weighted by atomic mass is 79.9. The highest BCUT2D eigenvalue weighted by Crippen LogP contribution is 2.19. The number of nitrogens with one attached hydrogen (secondary N) is 2. The molecule has 17 heavy (non-hydrogen) atoms. The summed E-state index contributed by atoms with van der Waals surface area (Å²) in [5.41, 5.74) is 1.04. The molecule has 0 aliphatic rings. The van der Waals surface area contributed by atoms with E-state index in [1.807, 2.05) is 12.1 Å². The third kappa shape index (κ3) is 4.13. The van der Waals surface area contributed by atoms with Crippen LogP contribution in [-0.4, -0.2) is 19.0 Å². The molecule has 2 N–H and O–H groups in total. The zero-order valence-electron chi connectivity index (χ0n) is 8.83. The molecule has 1 aromatic carbocycles. The van der Waals surface area contributed by atoms with Gasteiger partial charge in [0.05, 0.1) is 23.9 Å². The van der Waals surface area contributed by atoms with Gasteiger partial charge in [-0.1, -0.05) is 15.9 Å². The van der Waals surface area contributed by atoms with Crippen molar-refractivity contribution in [2.75, 3.05) is 18.4 Å². The van der Waals surface area contributed by atoms with Gasteiger partial charge in [0.25, 0.3) is 0 Å². The van der Waals surface area contributed by atoms with E-state index in [4.69, 9.17) is 10.5 Å². The molecule has 1 amide bonds. The first-order valence-corrected chi connectivity index (χ1v) is 5.54. The molecule has 1 rings (SSSR count). The van der Waals surface area contributed by atoms with Gasteiger partial charge in [0.2, 0.25) is 5.91 Å². The lowest BCUT2D eigenvalue weighted by atomic mass is 10.2. The van der Waals surface area contributed by atoms with Gasteiger partial charge >= 0.3 is 0 Å². The number of benzene rings is 1. The maximum atomic E-state index is 11.2. The minimum atomic E-state index is -0.293. The highest BCUT2D eigenvalue weighted by Gasteiger charge is 2.04. The lowest BCUT2D eigenvalue weighted by Crippen LogP contribution is -2.30. The molecule has 0 unspecified atom stereocenters.